The van der Waals surface area contributed by atoms with Gasteiger partial charge in [0, 0.05) is 45.9 Å². The van der Waals surface area contributed by atoms with E-state index in [0.29, 0.717) is 19.7 Å². The van der Waals surface area contributed by atoms with Crippen LogP contribution >= 0.6 is 0 Å². The molecule has 0 radical (unpaired) electrons. The predicted octanol–water partition coefficient (Wildman–Crippen LogP) is -0.117. The highest BCUT2D eigenvalue weighted by molar-refractivity contribution is 5.84. The van der Waals surface area contributed by atoms with Crippen molar-refractivity contribution in [3.05, 3.63) is 24.4 Å². The van der Waals surface area contributed by atoms with Crippen molar-refractivity contribution in [2.75, 3.05) is 51.3 Å². The summed E-state index contributed by atoms with van der Waals surface area (Å²) in [4.78, 5) is 31.8. The lowest BCUT2D eigenvalue weighted by Crippen LogP contribution is -2.51. The van der Waals surface area contributed by atoms with E-state index in [2.05, 4.69) is 15.2 Å². The first-order chi connectivity index (χ1) is 10.7. The van der Waals surface area contributed by atoms with Crippen LogP contribution in [0.15, 0.2) is 24.4 Å². The Morgan fingerprint density at radius 1 is 1.27 bits per heavy atom. The van der Waals surface area contributed by atoms with Crippen LogP contribution in [0.1, 0.15) is 6.42 Å². The van der Waals surface area contributed by atoms with Crippen molar-refractivity contribution < 1.29 is 14.3 Å². The molecule has 0 aliphatic carbocycles. The number of rotatable bonds is 6. The van der Waals surface area contributed by atoms with Crippen LogP contribution in [0.2, 0.25) is 0 Å². The third-order valence-corrected chi connectivity index (χ3v) is 3.58. The molecule has 7 nitrogen and oxygen atoms in total. The fraction of sp³-hybridized carbons (Fsp3) is 0.533. The van der Waals surface area contributed by atoms with E-state index in [1.165, 1.54) is 0 Å². The maximum atomic E-state index is 12.1. The van der Waals surface area contributed by atoms with Crippen molar-refractivity contribution >= 4 is 17.6 Å². The minimum absolute atomic E-state index is 0.0478. The van der Waals surface area contributed by atoms with Crippen LogP contribution in [0.5, 0.6) is 0 Å². The van der Waals surface area contributed by atoms with Gasteiger partial charge in [0.05, 0.1) is 13.2 Å². The molecule has 22 heavy (non-hydrogen) atoms. The molecular weight excluding hydrogens is 284 g/mol. The van der Waals surface area contributed by atoms with Gasteiger partial charge in [-0.2, -0.15) is 0 Å². The molecular formula is C15H22N4O3. The molecule has 0 bridgehead atoms. The van der Waals surface area contributed by atoms with Gasteiger partial charge in [0.15, 0.2) is 0 Å². The number of methoxy groups -OCH3 is 1. The van der Waals surface area contributed by atoms with E-state index in [0.717, 1.165) is 18.9 Å². The molecule has 1 aromatic rings. The first kappa shape index (κ1) is 16.2. The Hall–Kier alpha value is -2.15. The number of carbonyl (C=O) groups is 2. The summed E-state index contributed by atoms with van der Waals surface area (Å²) in [6.45, 7) is 3.20. The maximum Gasteiger partial charge on any atom is 0.242 e. The van der Waals surface area contributed by atoms with E-state index >= 15 is 0 Å². The highest BCUT2D eigenvalue weighted by Crippen LogP contribution is 2.12. The van der Waals surface area contributed by atoms with Crippen LogP contribution < -0.4 is 10.2 Å². The molecule has 1 aliphatic rings. The molecule has 0 aromatic carbocycles. The second-order valence-electron chi connectivity index (χ2n) is 5.08. The van der Waals surface area contributed by atoms with E-state index in [-0.39, 0.29) is 24.8 Å². The number of ether oxygens (including phenoxy) is 1. The van der Waals surface area contributed by atoms with Crippen molar-refractivity contribution in [3.8, 4) is 0 Å². The van der Waals surface area contributed by atoms with Crippen LogP contribution in [0.4, 0.5) is 5.82 Å². The number of aromatic nitrogens is 1. The Morgan fingerprint density at radius 2 is 2.05 bits per heavy atom. The minimum Gasteiger partial charge on any atom is -0.384 e. The number of amides is 2. The SMILES string of the molecule is COCCC(=O)NCC(=O)N1CCN(c2ccccn2)CC1. The quantitative estimate of drug-likeness (QED) is 0.793. The van der Waals surface area contributed by atoms with Crippen LogP contribution in [0.25, 0.3) is 0 Å². The number of hydrogen-bond acceptors (Lipinski definition) is 5. The Bertz CT molecular complexity index is 487. The number of anilines is 1. The van der Waals surface area contributed by atoms with Crippen molar-refractivity contribution in [3.63, 3.8) is 0 Å². The Balaban J connectivity index is 1.72. The van der Waals surface area contributed by atoms with Crippen LogP contribution in [0.3, 0.4) is 0 Å². The molecule has 2 amide bonds. The van der Waals surface area contributed by atoms with Gasteiger partial charge in [0.2, 0.25) is 11.8 Å². The summed E-state index contributed by atoms with van der Waals surface area (Å²) in [6, 6.07) is 5.80. The number of carbonyl (C=O) groups excluding carboxylic acids is 2. The molecule has 2 rings (SSSR count). The zero-order valence-electron chi connectivity index (χ0n) is 12.8. The largest absolute Gasteiger partial charge is 0.384 e. The van der Waals surface area contributed by atoms with Crippen molar-refractivity contribution in [2.24, 2.45) is 0 Å². The first-order valence-electron chi connectivity index (χ1n) is 7.40. The third kappa shape index (κ3) is 4.70. The van der Waals surface area contributed by atoms with E-state index in [1.807, 2.05) is 18.2 Å². The number of piperazine rings is 1. The van der Waals surface area contributed by atoms with Gasteiger partial charge in [-0.1, -0.05) is 6.07 Å². The molecule has 7 heteroatoms. The monoisotopic (exact) mass is 306 g/mol. The van der Waals surface area contributed by atoms with Gasteiger partial charge in [0.25, 0.3) is 0 Å². The first-order valence-corrected chi connectivity index (χ1v) is 7.40. The Kier molecular flexibility index (Phi) is 6.14. The fourth-order valence-corrected chi connectivity index (χ4v) is 2.29. The number of hydrogen-bond donors (Lipinski definition) is 1. The summed E-state index contributed by atoms with van der Waals surface area (Å²) < 4.78 is 4.82. The highest BCUT2D eigenvalue weighted by Gasteiger charge is 2.21. The lowest BCUT2D eigenvalue weighted by atomic mass is 10.3. The van der Waals surface area contributed by atoms with Crippen molar-refractivity contribution in [1.82, 2.24) is 15.2 Å². The Morgan fingerprint density at radius 3 is 2.68 bits per heavy atom. The van der Waals surface area contributed by atoms with E-state index < -0.39 is 0 Å². The van der Waals surface area contributed by atoms with Gasteiger partial charge < -0.3 is 19.9 Å². The maximum absolute atomic E-state index is 12.1. The highest BCUT2D eigenvalue weighted by atomic mass is 16.5. The van der Waals surface area contributed by atoms with Gasteiger partial charge in [-0.25, -0.2) is 4.98 Å². The summed E-state index contributed by atoms with van der Waals surface area (Å²) in [6.07, 6.45) is 2.04. The summed E-state index contributed by atoms with van der Waals surface area (Å²) in [5.41, 5.74) is 0. The molecule has 1 aromatic heterocycles. The van der Waals surface area contributed by atoms with E-state index in [9.17, 15) is 9.59 Å². The van der Waals surface area contributed by atoms with Gasteiger partial charge in [-0.15, -0.1) is 0 Å². The summed E-state index contributed by atoms with van der Waals surface area (Å²) in [5, 5.41) is 2.62. The average Bonchev–Trinajstić information content (AvgIpc) is 2.58. The molecule has 1 fully saturated rings. The zero-order chi connectivity index (χ0) is 15.8. The van der Waals surface area contributed by atoms with Gasteiger partial charge in [-0.3, -0.25) is 9.59 Å². The molecule has 0 saturated carbocycles. The van der Waals surface area contributed by atoms with E-state index in [4.69, 9.17) is 4.74 Å². The van der Waals surface area contributed by atoms with Gasteiger partial charge >= 0.3 is 0 Å². The van der Waals surface area contributed by atoms with Gasteiger partial charge in [-0.05, 0) is 12.1 Å². The normalized spacial score (nSPS) is 14.8. The van der Waals surface area contributed by atoms with E-state index in [1.54, 1.807) is 18.2 Å². The van der Waals surface area contributed by atoms with Crippen LogP contribution in [-0.2, 0) is 14.3 Å². The summed E-state index contributed by atoms with van der Waals surface area (Å²) in [5.74, 6) is 0.719. The molecule has 2 heterocycles. The predicted molar refractivity (Wildman–Crippen MR) is 82.5 cm³/mol. The van der Waals surface area contributed by atoms with Crippen molar-refractivity contribution in [1.29, 1.82) is 0 Å². The smallest absolute Gasteiger partial charge is 0.242 e. The Labute approximate surface area is 130 Å². The second kappa shape index (κ2) is 8.33. The molecule has 1 aliphatic heterocycles. The average molecular weight is 306 g/mol. The standard InChI is InChI=1S/C15H22N4O3/c1-22-11-5-14(20)17-12-15(21)19-9-7-18(8-10-19)13-4-2-3-6-16-13/h2-4,6H,5,7-12H2,1H3,(H,17,20). The molecule has 0 atom stereocenters. The lowest BCUT2D eigenvalue weighted by Gasteiger charge is -2.35. The van der Waals surface area contributed by atoms with Gasteiger partial charge in [0.1, 0.15) is 5.82 Å². The fourth-order valence-electron chi connectivity index (χ4n) is 2.29. The minimum atomic E-state index is -0.165. The number of pyridine rings is 1. The third-order valence-electron chi connectivity index (χ3n) is 3.58. The van der Waals surface area contributed by atoms with Crippen LogP contribution in [-0.4, -0.2) is 68.1 Å². The topological polar surface area (TPSA) is 74.8 Å². The summed E-state index contributed by atoms with van der Waals surface area (Å²) in [7, 11) is 1.54. The zero-order valence-corrected chi connectivity index (χ0v) is 12.8. The molecule has 0 spiro atoms. The van der Waals surface area contributed by atoms with Crippen molar-refractivity contribution in [2.45, 2.75) is 6.42 Å². The molecule has 1 N–H and O–H groups in total. The molecule has 120 valence electrons. The second-order valence-corrected chi connectivity index (χ2v) is 5.08. The lowest BCUT2D eigenvalue weighted by molar-refractivity contribution is -0.133. The summed E-state index contributed by atoms with van der Waals surface area (Å²) >= 11 is 0. The van der Waals surface area contributed by atoms with Crippen LogP contribution in [0, 0.1) is 0 Å². The number of nitrogens with zero attached hydrogens (tertiary/aromatic N) is 3. The molecule has 1 saturated heterocycles. The molecule has 0 unspecified atom stereocenters. The number of nitrogens with one attached hydrogen (secondary N) is 1.